The number of ether oxygens (including phenoxy) is 2. The molecule has 1 aromatic rings. The quantitative estimate of drug-likeness (QED) is 0.553. The molecule has 160 valence electrons. The van der Waals surface area contributed by atoms with Crippen molar-refractivity contribution in [1.29, 1.82) is 0 Å². The van der Waals surface area contributed by atoms with Crippen LogP contribution in [-0.2, 0) is 25.7 Å². The Kier molecular flexibility index (Phi) is 6.04. The molecular formula is C18H20N4O8. The van der Waals surface area contributed by atoms with Crippen molar-refractivity contribution in [3.63, 3.8) is 0 Å². The lowest BCUT2D eigenvalue weighted by molar-refractivity contribution is -0.144. The summed E-state index contributed by atoms with van der Waals surface area (Å²) < 4.78 is 9.80. The van der Waals surface area contributed by atoms with Crippen molar-refractivity contribution < 1.29 is 38.6 Å². The lowest BCUT2D eigenvalue weighted by Crippen LogP contribution is -2.68. The van der Waals surface area contributed by atoms with Gasteiger partial charge in [-0.3, -0.25) is 9.69 Å². The Hall–Kier alpha value is -3.83. The summed E-state index contributed by atoms with van der Waals surface area (Å²) in [5, 5.41) is 11.7. The molecular weight excluding hydrogens is 400 g/mol. The summed E-state index contributed by atoms with van der Waals surface area (Å²) in [4.78, 5) is 60.7. The molecule has 2 aliphatic rings. The molecule has 0 aromatic heterocycles. The smallest absolute Gasteiger partial charge is 0.408 e. The topological polar surface area (TPSA) is 169 Å². The number of alkyl carbamates (subject to hydrolysis) is 1. The lowest BCUT2D eigenvalue weighted by Gasteiger charge is -2.39. The fraction of sp³-hybridized carbons (Fsp3) is 0.389. The van der Waals surface area contributed by atoms with Gasteiger partial charge in [0, 0.05) is 6.42 Å². The number of nitrogens with zero attached hydrogens (tertiary/aromatic N) is 2. The van der Waals surface area contributed by atoms with Gasteiger partial charge in [0.1, 0.15) is 24.8 Å². The van der Waals surface area contributed by atoms with Gasteiger partial charge in [0.05, 0.1) is 13.1 Å². The maximum absolute atomic E-state index is 12.6. The number of nitrogens with two attached hydrogens (primary N) is 1. The first-order chi connectivity index (χ1) is 14.3. The molecule has 0 unspecified atom stereocenters. The van der Waals surface area contributed by atoms with Crippen LogP contribution in [0.25, 0.3) is 0 Å². The summed E-state index contributed by atoms with van der Waals surface area (Å²) in [5.41, 5.74) is 5.70. The van der Waals surface area contributed by atoms with Crippen LogP contribution >= 0.6 is 0 Å². The molecule has 2 heterocycles. The number of nitrogens with one attached hydrogen (secondary N) is 1. The zero-order valence-corrected chi connectivity index (χ0v) is 15.7. The Morgan fingerprint density at radius 3 is 2.47 bits per heavy atom. The largest absolute Gasteiger partial charge is 0.480 e. The molecule has 12 nitrogen and oxygen atoms in total. The molecule has 2 fully saturated rings. The third kappa shape index (κ3) is 4.59. The van der Waals surface area contributed by atoms with E-state index in [1.54, 1.807) is 24.3 Å². The third-order valence-electron chi connectivity index (χ3n) is 4.74. The maximum Gasteiger partial charge on any atom is 0.408 e. The Balaban J connectivity index is 1.51. The van der Waals surface area contributed by atoms with E-state index >= 15 is 0 Å². The van der Waals surface area contributed by atoms with Gasteiger partial charge in [-0.1, -0.05) is 30.3 Å². The number of carbonyl (C=O) groups excluding carboxylic acids is 4. The Bertz CT molecular complexity index is 861. The molecule has 12 heteroatoms. The first-order valence-electron chi connectivity index (χ1n) is 9.04. The average molecular weight is 420 g/mol. The molecule has 0 spiro atoms. The highest BCUT2D eigenvalue weighted by Crippen LogP contribution is 2.24. The number of hydrogen-bond donors (Lipinski definition) is 3. The number of carbonyl (C=O) groups is 5. The van der Waals surface area contributed by atoms with Gasteiger partial charge in [0.2, 0.25) is 0 Å². The van der Waals surface area contributed by atoms with E-state index in [1.807, 2.05) is 6.07 Å². The standard InChI is InChI=1S/C18H20N4O8/c19-16(26)30-11-6-13(15(24)25)21(7-11)18(28)22-8-12(14(22)23)20-17(27)29-9-10-4-2-1-3-5-10/h1-5,11-13H,6-9H2,(H2,19,26)(H,20,27)(H,24,25)/t11-,12+,13+/m1/s1. The summed E-state index contributed by atoms with van der Waals surface area (Å²) in [6.07, 6.45) is -2.93. The number of imide groups is 1. The van der Waals surface area contributed by atoms with E-state index in [-0.39, 0.29) is 26.1 Å². The number of carboxylic acids is 1. The second-order valence-corrected chi connectivity index (χ2v) is 6.79. The van der Waals surface area contributed by atoms with Gasteiger partial charge in [-0.25, -0.2) is 19.2 Å². The summed E-state index contributed by atoms with van der Waals surface area (Å²) >= 11 is 0. The van der Waals surface area contributed by atoms with Gasteiger partial charge in [0.15, 0.2) is 0 Å². The lowest BCUT2D eigenvalue weighted by atomic mass is 10.1. The van der Waals surface area contributed by atoms with Gasteiger partial charge in [-0.2, -0.15) is 0 Å². The number of urea groups is 1. The number of likely N-dealkylation sites (tertiary alicyclic amines) is 2. The van der Waals surface area contributed by atoms with Crippen molar-refractivity contribution >= 4 is 30.1 Å². The molecule has 5 amide bonds. The minimum atomic E-state index is -1.30. The van der Waals surface area contributed by atoms with Gasteiger partial charge < -0.3 is 30.5 Å². The molecule has 0 bridgehead atoms. The SMILES string of the molecule is NC(=O)O[C@@H]1C[C@@H](C(=O)O)N(C(=O)N2C[C@H](NC(=O)OCc3ccccc3)C2=O)C1. The first-order valence-corrected chi connectivity index (χ1v) is 9.04. The highest BCUT2D eigenvalue weighted by atomic mass is 16.6. The number of β-lactam (4-membered cyclic amide) rings is 1. The van der Waals surface area contributed by atoms with Crippen LogP contribution in [0.1, 0.15) is 12.0 Å². The number of amides is 5. The third-order valence-corrected chi connectivity index (χ3v) is 4.74. The number of carboxylic acid groups (broad SMARTS) is 1. The van der Waals surface area contributed by atoms with E-state index in [2.05, 4.69) is 5.32 Å². The van der Waals surface area contributed by atoms with Gasteiger partial charge in [-0.05, 0) is 5.56 Å². The highest BCUT2D eigenvalue weighted by Gasteiger charge is 2.49. The van der Waals surface area contributed by atoms with E-state index < -0.39 is 48.3 Å². The Morgan fingerprint density at radius 1 is 1.17 bits per heavy atom. The van der Waals surface area contributed by atoms with Crippen LogP contribution in [-0.4, -0.2) is 76.3 Å². The fourth-order valence-electron chi connectivity index (χ4n) is 3.26. The van der Waals surface area contributed by atoms with E-state index in [4.69, 9.17) is 15.2 Å². The van der Waals surface area contributed by atoms with Crippen molar-refractivity contribution in [2.75, 3.05) is 13.1 Å². The van der Waals surface area contributed by atoms with Crippen LogP contribution in [0.3, 0.4) is 0 Å². The Labute approximate surface area is 170 Å². The number of hydrogen-bond acceptors (Lipinski definition) is 7. The second-order valence-electron chi connectivity index (χ2n) is 6.79. The predicted molar refractivity (Wildman–Crippen MR) is 97.9 cm³/mol. The van der Waals surface area contributed by atoms with E-state index in [1.165, 1.54) is 0 Å². The first kappa shape index (κ1) is 20.9. The molecule has 3 rings (SSSR count). The molecule has 2 saturated heterocycles. The van der Waals surface area contributed by atoms with Crippen LogP contribution in [0.4, 0.5) is 14.4 Å². The van der Waals surface area contributed by atoms with E-state index in [0.29, 0.717) is 0 Å². The van der Waals surface area contributed by atoms with Crippen molar-refractivity contribution in [1.82, 2.24) is 15.1 Å². The number of benzene rings is 1. The minimum absolute atomic E-state index is 0.0194. The number of primary amides is 1. The number of aliphatic carboxylic acids is 1. The molecule has 1 aromatic carbocycles. The fourth-order valence-corrected chi connectivity index (χ4v) is 3.26. The minimum Gasteiger partial charge on any atom is -0.480 e. The summed E-state index contributed by atoms with van der Waals surface area (Å²) in [6.45, 7) is -0.326. The number of rotatable bonds is 5. The van der Waals surface area contributed by atoms with E-state index in [9.17, 15) is 29.1 Å². The van der Waals surface area contributed by atoms with Gasteiger partial charge in [-0.15, -0.1) is 0 Å². The summed E-state index contributed by atoms with van der Waals surface area (Å²) in [6, 6.07) is 5.87. The molecule has 0 radical (unpaired) electrons. The zero-order chi connectivity index (χ0) is 21.8. The van der Waals surface area contributed by atoms with Crippen LogP contribution in [0.2, 0.25) is 0 Å². The monoisotopic (exact) mass is 420 g/mol. The van der Waals surface area contributed by atoms with Crippen LogP contribution in [0.5, 0.6) is 0 Å². The summed E-state index contributed by atoms with van der Waals surface area (Å²) in [5.74, 6) is -1.99. The van der Waals surface area contributed by atoms with Crippen LogP contribution in [0.15, 0.2) is 30.3 Å². The van der Waals surface area contributed by atoms with Crippen molar-refractivity contribution in [3.05, 3.63) is 35.9 Å². The molecule has 30 heavy (non-hydrogen) atoms. The molecule has 0 saturated carbocycles. The van der Waals surface area contributed by atoms with Crippen LogP contribution in [0, 0.1) is 0 Å². The molecule has 4 N–H and O–H groups in total. The summed E-state index contributed by atoms with van der Waals surface area (Å²) in [7, 11) is 0. The maximum atomic E-state index is 12.6. The Morgan fingerprint density at radius 2 is 1.87 bits per heavy atom. The van der Waals surface area contributed by atoms with Gasteiger partial charge >= 0.3 is 24.2 Å². The average Bonchev–Trinajstić information content (AvgIpc) is 3.13. The second kappa shape index (κ2) is 8.68. The zero-order valence-electron chi connectivity index (χ0n) is 15.7. The van der Waals surface area contributed by atoms with Crippen molar-refractivity contribution in [2.45, 2.75) is 31.2 Å². The molecule has 3 atom stereocenters. The van der Waals surface area contributed by atoms with Crippen molar-refractivity contribution in [2.24, 2.45) is 5.73 Å². The van der Waals surface area contributed by atoms with E-state index in [0.717, 1.165) is 15.4 Å². The highest BCUT2D eigenvalue weighted by molar-refractivity contribution is 6.04. The predicted octanol–water partition coefficient (Wildman–Crippen LogP) is -0.134. The molecule has 0 aliphatic carbocycles. The van der Waals surface area contributed by atoms with Crippen molar-refractivity contribution in [3.8, 4) is 0 Å². The van der Waals surface area contributed by atoms with Crippen LogP contribution < -0.4 is 11.1 Å². The molecule has 2 aliphatic heterocycles. The van der Waals surface area contributed by atoms with Gasteiger partial charge in [0.25, 0.3) is 5.91 Å². The normalized spacial score (nSPS) is 22.8.